The van der Waals surface area contributed by atoms with Crippen molar-refractivity contribution in [1.29, 1.82) is 0 Å². The summed E-state index contributed by atoms with van der Waals surface area (Å²) in [5.74, 6) is 0.685. The van der Waals surface area contributed by atoms with Crippen LogP contribution in [0.1, 0.15) is 18.9 Å². The number of rotatable bonds is 6. The first-order chi connectivity index (χ1) is 9.69. The van der Waals surface area contributed by atoms with Crippen LogP contribution >= 0.6 is 22.6 Å². The van der Waals surface area contributed by atoms with Crippen LogP contribution in [-0.4, -0.2) is 6.61 Å². The van der Waals surface area contributed by atoms with E-state index in [4.69, 9.17) is 4.74 Å². The van der Waals surface area contributed by atoms with Crippen LogP contribution in [0.25, 0.3) is 0 Å². The highest BCUT2D eigenvalue weighted by atomic mass is 127. The molecule has 2 rings (SSSR count). The van der Waals surface area contributed by atoms with Crippen LogP contribution in [0, 0.1) is 9.39 Å². The molecule has 0 radical (unpaired) electrons. The van der Waals surface area contributed by atoms with Gasteiger partial charge in [-0.25, -0.2) is 4.39 Å². The van der Waals surface area contributed by atoms with Gasteiger partial charge in [0.05, 0.1) is 6.61 Å². The second-order valence-electron chi connectivity index (χ2n) is 4.47. The molecule has 0 fully saturated rings. The molecular formula is C16H17FINO. The van der Waals surface area contributed by atoms with Gasteiger partial charge in [0.2, 0.25) is 0 Å². The van der Waals surface area contributed by atoms with Gasteiger partial charge < -0.3 is 10.1 Å². The third-order valence-corrected chi connectivity index (χ3v) is 3.70. The molecule has 0 aliphatic carbocycles. The Morgan fingerprint density at radius 2 is 1.90 bits per heavy atom. The highest BCUT2D eigenvalue weighted by Gasteiger charge is 2.01. The molecule has 0 amide bonds. The molecule has 0 aliphatic rings. The third-order valence-electron chi connectivity index (χ3n) is 2.81. The minimum absolute atomic E-state index is 0.211. The Labute approximate surface area is 132 Å². The van der Waals surface area contributed by atoms with E-state index in [-0.39, 0.29) is 5.82 Å². The van der Waals surface area contributed by atoms with E-state index >= 15 is 0 Å². The first-order valence-electron chi connectivity index (χ1n) is 6.59. The average Bonchev–Trinajstić information content (AvgIpc) is 2.45. The van der Waals surface area contributed by atoms with Crippen molar-refractivity contribution in [1.82, 2.24) is 0 Å². The fourth-order valence-corrected chi connectivity index (χ4v) is 2.42. The summed E-state index contributed by atoms with van der Waals surface area (Å²) in [4.78, 5) is 0. The van der Waals surface area contributed by atoms with Gasteiger partial charge in [0.1, 0.15) is 11.6 Å². The van der Waals surface area contributed by atoms with Gasteiger partial charge in [-0.2, -0.15) is 0 Å². The Balaban J connectivity index is 1.93. The number of benzene rings is 2. The molecule has 1 N–H and O–H groups in total. The van der Waals surface area contributed by atoms with E-state index in [9.17, 15) is 4.39 Å². The van der Waals surface area contributed by atoms with E-state index in [0.717, 1.165) is 33.6 Å². The van der Waals surface area contributed by atoms with E-state index in [1.807, 2.05) is 24.3 Å². The maximum atomic E-state index is 13.0. The molecule has 4 heteroatoms. The van der Waals surface area contributed by atoms with Crippen LogP contribution in [0.3, 0.4) is 0 Å². The molecule has 2 aromatic rings. The van der Waals surface area contributed by atoms with Gasteiger partial charge in [-0.15, -0.1) is 0 Å². The molecular weight excluding hydrogens is 368 g/mol. The van der Waals surface area contributed by atoms with Crippen LogP contribution in [0.5, 0.6) is 5.75 Å². The maximum absolute atomic E-state index is 13.0. The number of hydrogen-bond donors (Lipinski definition) is 1. The predicted molar refractivity (Wildman–Crippen MR) is 88.7 cm³/mol. The minimum Gasteiger partial charge on any atom is -0.494 e. The number of ether oxygens (including phenoxy) is 1. The Hall–Kier alpha value is -1.30. The van der Waals surface area contributed by atoms with Crippen molar-refractivity contribution >= 4 is 28.3 Å². The fourth-order valence-electron chi connectivity index (χ4n) is 1.75. The summed E-state index contributed by atoms with van der Waals surface area (Å²) in [5, 5.41) is 3.30. The monoisotopic (exact) mass is 385 g/mol. The van der Waals surface area contributed by atoms with Crippen molar-refractivity contribution in [2.24, 2.45) is 0 Å². The van der Waals surface area contributed by atoms with Gasteiger partial charge in [0, 0.05) is 15.8 Å². The molecule has 0 aliphatic heterocycles. The molecule has 0 aromatic heterocycles. The molecule has 0 atom stereocenters. The standard InChI is InChI=1S/C16H17FINO/c1-2-9-20-14-6-3-12(4-7-14)11-19-16-8-5-13(17)10-15(16)18/h3-8,10,19H,2,9,11H2,1H3. The van der Waals surface area contributed by atoms with Gasteiger partial charge in [-0.05, 0) is 64.9 Å². The van der Waals surface area contributed by atoms with Crippen molar-refractivity contribution in [3.8, 4) is 5.75 Å². The lowest BCUT2D eigenvalue weighted by atomic mass is 10.2. The first kappa shape index (κ1) is 15.1. The van der Waals surface area contributed by atoms with Crippen LogP contribution < -0.4 is 10.1 Å². The molecule has 2 nitrogen and oxygen atoms in total. The topological polar surface area (TPSA) is 21.3 Å². The largest absolute Gasteiger partial charge is 0.494 e. The summed E-state index contributed by atoms with van der Waals surface area (Å²) in [5.41, 5.74) is 2.10. The van der Waals surface area contributed by atoms with Crippen LogP contribution in [0.15, 0.2) is 42.5 Å². The van der Waals surface area contributed by atoms with Crippen LogP contribution in [0.4, 0.5) is 10.1 Å². The summed E-state index contributed by atoms with van der Waals surface area (Å²) in [6.45, 7) is 3.53. The van der Waals surface area contributed by atoms with Crippen LogP contribution in [0.2, 0.25) is 0 Å². The number of hydrogen-bond acceptors (Lipinski definition) is 2. The van der Waals surface area contributed by atoms with E-state index in [1.54, 1.807) is 6.07 Å². The number of halogens is 2. The Bertz CT molecular complexity index is 557. The highest BCUT2D eigenvalue weighted by Crippen LogP contribution is 2.20. The predicted octanol–water partition coefficient (Wildman–Crippen LogP) is 4.83. The zero-order valence-corrected chi connectivity index (χ0v) is 13.5. The highest BCUT2D eigenvalue weighted by molar-refractivity contribution is 14.1. The second-order valence-corrected chi connectivity index (χ2v) is 5.63. The summed E-state index contributed by atoms with van der Waals surface area (Å²) < 4.78 is 19.4. The lowest BCUT2D eigenvalue weighted by Crippen LogP contribution is -2.01. The lowest BCUT2D eigenvalue weighted by Gasteiger charge is -2.10. The smallest absolute Gasteiger partial charge is 0.124 e. The summed E-state index contributed by atoms with van der Waals surface area (Å²) in [6.07, 6.45) is 1.01. The Morgan fingerprint density at radius 3 is 2.55 bits per heavy atom. The molecule has 0 bridgehead atoms. The van der Waals surface area contributed by atoms with E-state index in [1.165, 1.54) is 12.1 Å². The van der Waals surface area contributed by atoms with Gasteiger partial charge in [0.15, 0.2) is 0 Å². The van der Waals surface area contributed by atoms with Crippen molar-refractivity contribution in [3.63, 3.8) is 0 Å². The fraction of sp³-hybridized carbons (Fsp3) is 0.250. The molecule has 0 spiro atoms. The Kier molecular flexibility index (Phi) is 5.64. The number of nitrogens with one attached hydrogen (secondary N) is 1. The third kappa shape index (κ3) is 4.37. The van der Waals surface area contributed by atoms with Crippen molar-refractivity contribution in [2.45, 2.75) is 19.9 Å². The quantitative estimate of drug-likeness (QED) is 0.720. The molecule has 106 valence electrons. The van der Waals surface area contributed by atoms with E-state index < -0.39 is 0 Å². The van der Waals surface area contributed by atoms with E-state index in [2.05, 4.69) is 34.8 Å². The van der Waals surface area contributed by atoms with Gasteiger partial charge in [-0.3, -0.25) is 0 Å². The van der Waals surface area contributed by atoms with E-state index in [0.29, 0.717) is 6.54 Å². The first-order valence-corrected chi connectivity index (χ1v) is 7.67. The van der Waals surface area contributed by atoms with Crippen molar-refractivity contribution in [2.75, 3.05) is 11.9 Å². The molecule has 20 heavy (non-hydrogen) atoms. The molecule has 0 unspecified atom stereocenters. The normalized spacial score (nSPS) is 10.3. The van der Waals surface area contributed by atoms with Gasteiger partial charge in [0.25, 0.3) is 0 Å². The Morgan fingerprint density at radius 1 is 1.15 bits per heavy atom. The second kappa shape index (κ2) is 7.47. The van der Waals surface area contributed by atoms with Crippen molar-refractivity contribution in [3.05, 3.63) is 57.4 Å². The van der Waals surface area contributed by atoms with Crippen LogP contribution in [-0.2, 0) is 6.54 Å². The summed E-state index contributed by atoms with van der Waals surface area (Å²) >= 11 is 2.13. The van der Waals surface area contributed by atoms with Gasteiger partial charge in [-0.1, -0.05) is 19.1 Å². The molecule has 0 heterocycles. The maximum Gasteiger partial charge on any atom is 0.124 e. The molecule has 0 saturated carbocycles. The zero-order valence-electron chi connectivity index (χ0n) is 11.3. The zero-order chi connectivity index (χ0) is 14.4. The molecule has 2 aromatic carbocycles. The lowest BCUT2D eigenvalue weighted by molar-refractivity contribution is 0.317. The summed E-state index contributed by atoms with van der Waals surface area (Å²) in [7, 11) is 0. The molecule has 0 saturated heterocycles. The average molecular weight is 385 g/mol. The number of anilines is 1. The van der Waals surface area contributed by atoms with Crippen molar-refractivity contribution < 1.29 is 9.13 Å². The minimum atomic E-state index is -0.211. The van der Waals surface area contributed by atoms with Gasteiger partial charge >= 0.3 is 0 Å². The summed E-state index contributed by atoms with van der Waals surface area (Å²) in [6, 6.07) is 12.8. The SMILES string of the molecule is CCCOc1ccc(CNc2ccc(F)cc2I)cc1.